The predicted molar refractivity (Wildman–Crippen MR) is 93.6 cm³/mol. The van der Waals surface area contributed by atoms with E-state index in [0.29, 0.717) is 23.7 Å². The summed E-state index contributed by atoms with van der Waals surface area (Å²) in [5.41, 5.74) is 1.21. The Labute approximate surface area is 157 Å². The van der Waals surface area contributed by atoms with Crippen LogP contribution < -0.4 is 10.1 Å². The first kappa shape index (κ1) is 18.1. The molecule has 3 aromatic rings. The molecule has 0 bridgehead atoms. The summed E-state index contributed by atoms with van der Waals surface area (Å²) in [5, 5.41) is 10.6. The van der Waals surface area contributed by atoms with Crippen LogP contribution >= 0.6 is 0 Å². The van der Waals surface area contributed by atoms with Crippen LogP contribution in [0.2, 0.25) is 0 Å². The van der Waals surface area contributed by atoms with Gasteiger partial charge in [-0.2, -0.15) is 23.4 Å². The number of alkyl halides is 3. The molecule has 146 valence electrons. The molecule has 0 fully saturated rings. The molecule has 0 aliphatic carbocycles. The third kappa shape index (κ3) is 3.32. The zero-order chi connectivity index (χ0) is 20.1. The minimum Gasteiger partial charge on any atom is -0.487 e. The van der Waals surface area contributed by atoms with Crippen LogP contribution in [0.4, 0.5) is 18.9 Å². The number of ether oxygens (including phenoxy) is 1. The van der Waals surface area contributed by atoms with Gasteiger partial charge in [0.2, 0.25) is 5.91 Å². The molecule has 10 heteroatoms. The highest BCUT2D eigenvalue weighted by atomic mass is 19.4. The van der Waals surface area contributed by atoms with Gasteiger partial charge in [0, 0.05) is 37.5 Å². The molecular weight excluding hydrogens is 375 g/mol. The summed E-state index contributed by atoms with van der Waals surface area (Å²) >= 11 is 0. The van der Waals surface area contributed by atoms with Crippen molar-refractivity contribution in [3.63, 3.8) is 0 Å². The summed E-state index contributed by atoms with van der Waals surface area (Å²) in [6, 6.07) is 6.82. The lowest BCUT2D eigenvalue weighted by molar-refractivity contribution is -0.141. The molecule has 0 saturated heterocycles. The molecule has 1 aliphatic heterocycles. The van der Waals surface area contributed by atoms with Crippen LogP contribution in [-0.2, 0) is 31.2 Å². The van der Waals surface area contributed by atoms with Crippen molar-refractivity contribution < 1.29 is 22.7 Å². The molecule has 1 N–H and O–H groups in total. The normalized spacial score (nSPS) is 13.3. The third-order valence-corrected chi connectivity index (χ3v) is 4.32. The maximum Gasteiger partial charge on any atom is 0.435 e. The molecule has 3 heterocycles. The van der Waals surface area contributed by atoms with E-state index in [2.05, 4.69) is 15.5 Å². The van der Waals surface area contributed by atoms with Crippen molar-refractivity contribution in [2.45, 2.75) is 26.3 Å². The number of anilines is 1. The number of aromatic nitrogens is 4. The highest BCUT2D eigenvalue weighted by Gasteiger charge is 2.38. The molecule has 1 aliphatic rings. The first-order valence-corrected chi connectivity index (χ1v) is 8.42. The van der Waals surface area contributed by atoms with Gasteiger partial charge in [-0.15, -0.1) is 0 Å². The summed E-state index contributed by atoms with van der Waals surface area (Å²) in [6.45, 7) is 1.90. The number of amides is 1. The second-order valence-electron chi connectivity index (χ2n) is 6.53. The van der Waals surface area contributed by atoms with Gasteiger partial charge < -0.3 is 10.1 Å². The number of carbonyl (C=O) groups excluding carboxylic acids is 1. The van der Waals surface area contributed by atoms with Gasteiger partial charge in [0.25, 0.3) is 0 Å². The van der Waals surface area contributed by atoms with E-state index in [4.69, 9.17) is 4.74 Å². The largest absolute Gasteiger partial charge is 0.487 e. The van der Waals surface area contributed by atoms with Crippen molar-refractivity contribution in [1.82, 2.24) is 19.6 Å². The molecule has 0 radical (unpaired) electrons. The molecule has 0 saturated carbocycles. The molecule has 7 nitrogen and oxygen atoms in total. The molecular formula is C18H16F3N5O2. The van der Waals surface area contributed by atoms with E-state index in [9.17, 15) is 18.0 Å². The summed E-state index contributed by atoms with van der Waals surface area (Å²) in [5.74, 6) is 0.402. The zero-order valence-electron chi connectivity index (χ0n) is 15.0. The van der Waals surface area contributed by atoms with Crippen LogP contribution in [-0.4, -0.2) is 25.5 Å². The zero-order valence-corrected chi connectivity index (χ0v) is 15.0. The predicted octanol–water partition coefficient (Wildman–Crippen LogP) is 3.20. The second-order valence-corrected chi connectivity index (χ2v) is 6.53. The lowest BCUT2D eigenvalue weighted by Crippen LogP contribution is -2.08. The van der Waals surface area contributed by atoms with E-state index in [1.165, 1.54) is 20.2 Å². The van der Waals surface area contributed by atoms with E-state index < -0.39 is 11.9 Å². The number of halogens is 3. The second kappa shape index (κ2) is 6.39. The number of nitrogens with one attached hydrogen (secondary N) is 1. The Morgan fingerprint density at radius 3 is 2.75 bits per heavy atom. The smallest absolute Gasteiger partial charge is 0.435 e. The maximum absolute atomic E-state index is 13.3. The number of nitrogens with zero attached hydrogens (tertiary/aromatic N) is 4. The Balaban J connectivity index is 1.68. The number of carbonyl (C=O) groups is 1. The Bertz CT molecular complexity index is 1070. The molecule has 2 aromatic heterocycles. The molecule has 1 amide bonds. The Morgan fingerprint density at radius 1 is 1.25 bits per heavy atom. The van der Waals surface area contributed by atoms with Gasteiger partial charge in [0.05, 0.1) is 23.5 Å². The average molecular weight is 391 g/mol. The minimum absolute atomic E-state index is 0.0724. The molecule has 1 aromatic carbocycles. The number of fused-ring (bicyclic) bond motifs is 2. The van der Waals surface area contributed by atoms with E-state index in [1.54, 1.807) is 28.9 Å². The summed E-state index contributed by atoms with van der Waals surface area (Å²) < 4.78 is 48.3. The van der Waals surface area contributed by atoms with Gasteiger partial charge in [0.1, 0.15) is 12.4 Å². The fraction of sp³-hybridized carbons (Fsp3) is 0.278. The summed E-state index contributed by atoms with van der Waals surface area (Å²) in [7, 11) is 1.44. The van der Waals surface area contributed by atoms with E-state index >= 15 is 0 Å². The van der Waals surface area contributed by atoms with Crippen LogP contribution in [0, 0.1) is 0 Å². The molecule has 0 spiro atoms. The monoisotopic (exact) mass is 391 g/mol. The van der Waals surface area contributed by atoms with Crippen molar-refractivity contribution in [3.05, 3.63) is 47.4 Å². The SMILES string of the molecule is CC(=O)Nc1ccc2c(c1)OCc1cc(-c3cn(C)nc3C(F)(F)F)nn1C2. The lowest BCUT2D eigenvalue weighted by atomic mass is 10.1. The van der Waals surface area contributed by atoms with E-state index in [-0.39, 0.29) is 23.8 Å². The minimum atomic E-state index is -4.57. The molecule has 4 rings (SSSR count). The van der Waals surface area contributed by atoms with Gasteiger partial charge in [-0.05, 0) is 12.1 Å². The number of benzene rings is 1. The first-order chi connectivity index (χ1) is 13.2. The van der Waals surface area contributed by atoms with Crippen LogP contribution in [0.1, 0.15) is 23.9 Å². The molecule has 0 atom stereocenters. The van der Waals surface area contributed by atoms with Crippen LogP contribution in [0.25, 0.3) is 11.3 Å². The van der Waals surface area contributed by atoms with Gasteiger partial charge in [-0.3, -0.25) is 14.2 Å². The number of aryl methyl sites for hydroxylation is 1. The van der Waals surface area contributed by atoms with Crippen molar-refractivity contribution in [2.75, 3.05) is 5.32 Å². The van der Waals surface area contributed by atoms with E-state index in [1.807, 2.05) is 0 Å². The van der Waals surface area contributed by atoms with Crippen LogP contribution in [0.5, 0.6) is 5.75 Å². The third-order valence-electron chi connectivity index (χ3n) is 4.32. The molecule has 28 heavy (non-hydrogen) atoms. The van der Waals surface area contributed by atoms with Crippen molar-refractivity contribution >= 4 is 11.6 Å². The number of rotatable bonds is 2. The fourth-order valence-corrected chi connectivity index (χ4v) is 3.14. The summed E-state index contributed by atoms with van der Waals surface area (Å²) in [6.07, 6.45) is -3.26. The lowest BCUT2D eigenvalue weighted by Gasteiger charge is -2.09. The van der Waals surface area contributed by atoms with Gasteiger partial charge in [-0.25, -0.2) is 0 Å². The Hall–Kier alpha value is -3.30. The molecule has 0 unspecified atom stereocenters. The summed E-state index contributed by atoms with van der Waals surface area (Å²) in [4.78, 5) is 11.2. The Kier molecular flexibility index (Phi) is 4.13. The van der Waals surface area contributed by atoms with Gasteiger partial charge in [-0.1, -0.05) is 6.07 Å². The standard InChI is InChI=1S/C18H16F3N5O2/c1-10(27)22-12-4-3-11-7-26-13(9-28-16(11)5-12)6-15(23-26)14-8-25(2)24-17(14)18(19,20)21/h3-6,8H,7,9H2,1-2H3,(H,22,27). The topological polar surface area (TPSA) is 74.0 Å². The van der Waals surface area contributed by atoms with Crippen LogP contribution in [0.15, 0.2) is 30.5 Å². The highest BCUT2D eigenvalue weighted by Crippen LogP contribution is 2.36. The highest BCUT2D eigenvalue weighted by molar-refractivity contribution is 5.88. The maximum atomic E-state index is 13.3. The van der Waals surface area contributed by atoms with Crippen molar-refractivity contribution in [2.24, 2.45) is 7.05 Å². The van der Waals surface area contributed by atoms with Crippen molar-refractivity contribution in [3.8, 4) is 17.0 Å². The van der Waals surface area contributed by atoms with Crippen molar-refractivity contribution in [1.29, 1.82) is 0 Å². The number of hydrogen-bond acceptors (Lipinski definition) is 4. The average Bonchev–Trinajstić information content (AvgIpc) is 3.13. The quantitative estimate of drug-likeness (QED) is 0.728. The van der Waals surface area contributed by atoms with Gasteiger partial charge in [0.15, 0.2) is 5.69 Å². The van der Waals surface area contributed by atoms with Gasteiger partial charge >= 0.3 is 6.18 Å². The first-order valence-electron chi connectivity index (χ1n) is 8.42. The Morgan fingerprint density at radius 2 is 2.04 bits per heavy atom. The van der Waals surface area contributed by atoms with E-state index in [0.717, 1.165) is 10.2 Å². The van der Waals surface area contributed by atoms with Crippen LogP contribution in [0.3, 0.4) is 0 Å². The number of hydrogen-bond donors (Lipinski definition) is 1. The fourth-order valence-electron chi connectivity index (χ4n) is 3.14.